The number of hydrogen-bond donors (Lipinski definition) is 1. The maximum absolute atomic E-state index is 13.2. The molecule has 0 aromatic heterocycles. The third-order valence-corrected chi connectivity index (χ3v) is 5.05. The first-order valence-electron chi connectivity index (χ1n) is 7.54. The highest BCUT2D eigenvalue weighted by atomic mass is 35.5. The molecule has 0 bridgehead atoms. The molecule has 1 amide bonds. The largest absolute Gasteiger partial charge is 0.369 e. The van der Waals surface area contributed by atoms with Crippen LogP contribution in [0.5, 0.6) is 0 Å². The lowest BCUT2D eigenvalue weighted by Gasteiger charge is -2.29. The normalized spacial score (nSPS) is 14.5. The van der Waals surface area contributed by atoms with Crippen molar-refractivity contribution >= 4 is 40.6 Å². The number of nitrogens with zero attached hydrogens (tertiary/aromatic N) is 1. The number of halogens is 4. The molecular weight excluding hydrogens is 373 g/mol. The summed E-state index contributed by atoms with van der Waals surface area (Å²) < 4.78 is 39.4. The fourth-order valence-corrected chi connectivity index (χ4v) is 3.74. The van der Waals surface area contributed by atoms with E-state index in [9.17, 15) is 18.0 Å². The Hall–Kier alpha value is -1.86. The number of thioether (sulfide) groups is 1. The second-order valence-electron chi connectivity index (χ2n) is 5.47. The van der Waals surface area contributed by atoms with E-state index >= 15 is 0 Å². The SMILES string of the molecule is O=C(Nc1ccc(N2CCSCC2)c(Cl)c1)c1cc(F)c(F)c(F)c1. The monoisotopic (exact) mass is 386 g/mol. The first kappa shape index (κ1) is 17.9. The van der Waals surface area contributed by atoms with Crippen LogP contribution < -0.4 is 10.2 Å². The van der Waals surface area contributed by atoms with Crippen molar-refractivity contribution in [3.63, 3.8) is 0 Å². The van der Waals surface area contributed by atoms with Gasteiger partial charge in [-0.2, -0.15) is 11.8 Å². The van der Waals surface area contributed by atoms with E-state index in [4.69, 9.17) is 11.6 Å². The molecule has 1 aliphatic heterocycles. The van der Waals surface area contributed by atoms with Crippen molar-refractivity contribution in [3.8, 4) is 0 Å². The van der Waals surface area contributed by atoms with Gasteiger partial charge in [0.15, 0.2) is 17.5 Å². The molecule has 3 rings (SSSR count). The molecular formula is C17H14ClF3N2OS. The Kier molecular flexibility index (Phi) is 5.44. The smallest absolute Gasteiger partial charge is 0.255 e. The van der Waals surface area contributed by atoms with Crippen molar-refractivity contribution in [2.45, 2.75) is 0 Å². The van der Waals surface area contributed by atoms with Gasteiger partial charge in [-0.1, -0.05) is 11.6 Å². The molecule has 0 unspecified atom stereocenters. The van der Waals surface area contributed by atoms with E-state index in [1.807, 2.05) is 11.8 Å². The molecule has 1 heterocycles. The molecule has 0 spiro atoms. The molecule has 25 heavy (non-hydrogen) atoms. The second kappa shape index (κ2) is 7.58. The van der Waals surface area contributed by atoms with Gasteiger partial charge in [0.05, 0.1) is 10.7 Å². The number of carbonyl (C=O) groups excluding carboxylic acids is 1. The lowest BCUT2D eigenvalue weighted by Crippen LogP contribution is -2.32. The van der Waals surface area contributed by atoms with Crippen molar-refractivity contribution < 1.29 is 18.0 Å². The van der Waals surface area contributed by atoms with Gasteiger partial charge in [-0.25, -0.2) is 13.2 Å². The first-order valence-corrected chi connectivity index (χ1v) is 9.07. The van der Waals surface area contributed by atoms with E-state index in [0.717, 1.165) is 30.3 Å². The Morgan fingerprint density at radius 2 is 1.72 bits per heavy atom. The van der Waals surface area contributed by atoms with Crippen LogP contribution in [0.3, 0.4) is 0 Å². The summed E-state index contributed by atoms with van der Waals surface area (Å²) >= 11 is 8.18. The standard InChI is InChI=1S/C17H14ClF3N2OS/c18-12-9-11(1-2-15(12)23-3-5-25-6-4-23)22-17(24)10-7-13(19)16(21)14(20)8-10/h1-2,7-9H,3-6H2,(H,22,24). The van der Waals surface area contributed by atoms with Crippen LogP contribution in [-0.4, -0.2) is 30.5 Å². The van der Waals surface area contributed by atoms with Crippen molar-refractivity contribution in [3.05, 3.63) is 58.4 Å². The molecule has 0 atom stereocenters. The van der Waals surface area contributed by atoms with Gasteiger partial charge in [0.2, 0.25) is 0 Å². The van der Waals surface area contributed by atoms with Gasteiger partial charge in [-0.15, -0.1) is 0 Å². The topological polar surface area (TPSA) is 32.3 Å². The number of amides is 1. The van der Waals surface area contributed by atoms with Crippen LogP contribution in [0.15, 0.2) is 30.3 Å². The zero-order chi connectivity index (χ0) is 18.0. The van der Waals surface area contributed by atoms with E-state index in [1.165, 1.54) is 0 Å². The summed E-state index contributed by atoms with van der Waals surface area (Å²) in [6, 6.07) is 6.33. The molecule has 0 saturated carbocycles. The molecule has 2 aromatic rings. The molecule has 0 radical (unpaired) electrons. The lowest BCUT2D eigenvalue weighted by molar-refractivity contribution is 0.102. The summed E-state index contributed by atoms with van der Waals surface area (Å²) in [4.78, 5) is 14.3. The van der Waals surface area contributed by atoms with Gasteiger partial charge >= 0.3 is 0 Å². The highest BCUT2D eigenvalue weighted by molar-refractivity contribution is 7.99. The number of carbonyl (C=O) groups is 1. The van der Waals surface area contributed by atoms with Crippen LogP contribution in [0.1, 0.15) is 10.4 Å². The Labute approximate surface area is 152 Å². The van der Waals surface area contributed by atoms with E-state index in [0.29, 0.717) is 22.8 Å². The zero-order valence-corrected chi connectivity index (χ0v) is 14.6. The number of benzene rings is 2. The summed E-state index contributed by atoms with van der Waals surface area (Å²) in [5, 5.41) is 2.97. The summed E-state index contributed by atoms with van der Waals surface area (Å²) in [7, 11) is 0. The Morgan fingerprint density at radius 1 is 1.08 bits per heavy atom. The van der Waals surface area contributed by atoms with Crippen LogP contribution in [-0.2, 0) is 0 Å². The molecule has 3 nitrogen and oxygen atoms in total. The van der Waals surface area contributed by atoms with Crippen LogP contribution in [0.25, 0.3) is 0 Å². The van der Waals surface area contributed by atoms with E-state index in [2.05, 4.69) is 10.2 Å². The van der Waals surface area contributed by atoms with Crippen molar-refractivity contribution in [2.24, 2.45) is 0 Å². The second-order valence-corrected chi connectivity index (χ2v) is 7.11. The maximum atomic E-state index is 13.2. The summed E-state index contributed by atoms with van der Waals surface area (Å²) in [6.45, 7) is 1.79. The zero-order valence-electron chi connectivity index (χ0n) is 13.0. The van der Waals surface area contributed by atoms with Crippen molar-refractivity contribution in [2.75, 3.05) is 34.8 Å². The van der Waals surface area contributed by atoms with Crippen LogP contribution in [0.4, 0.5) is 24.5 Å². The number of nitrogens with one attached hydrogen (secondary N) is 1. The molecule has 1 N–H and O–H groups in total. The van der Waals surface area contributed by atoms with E-state index in [-0.39, 0.29) is 5.56 Å². The molecule has 8 heteroatoms. The Bertz CT molecular complexity index is 789. The van der Waals surface area contributed by atoms with Gasteiger partial charge in [-0.05, 0) is 30.3 Å². The lowest BCUT2D eigenvalue weighted by atomic mass is 10.2. The number of hydrogen-bond acceptors (Lipinski definition) is 3. The van der Waals surface area contributed by atoms with Gasteiger partial charge in [0, 0.05) is 35.8 Å². The highest BCUT2D eigenvalue weighted by Crippen LogP contribution is 2.30. The van der Waals surface area contributed by atoms with Gasteiger partial charge in [-0.3, -0.25) is 4.79 Å². The summed E-state index contributed by atoms with van der Waals surface area (Å²) in [5.74, 6) is -3.14. The molecule has 1 fully saturated rings. The van der Waals surface area contributed by atoms with Gasteiger partial charge in [0.25, 0.3) is 5.91 Å². The third-order valence-electron chi connectivity index (χ3n) is 3.80. The predicted octanol–water partition coefficient (Wildman–Crippen LogP) is 4.56. The van der Waals surface area contributed by atoms with Gasteiger partial charge < -0.3 is 10.2 Å². The minimum Gasteiger partial charge on any atom is -0.369 e. The first-order chi connectivity index (χ1) is 12.0. The van der Waals surface area contributed by atoms with Crippen LogP contribution >= 0.6 is 23.4 Å². The van der Waals surface area contributed by atoms with Crippen molar-refractivity contribution in [1.29, 1.82) is 0 Å². The molecule has 0 aliphatic carbocycles. The maximum Gasteiger partial charge on any atom is 0.255 e. The summed E-state index contributed by atoms with van der Waals surface area (Å²) in [5.41, 5.74) is 0.943. The predicted molar refractivity (Wildman–Crippen MR) is 95.3 cm³/mol. The minimum atomic E-state index is -1.61. The summed E-state index contributed by atoms with van der Waals surface area (Å²) in [6.07, 6.45) is 0. The fourth-order valence-electron chi connectivity index (χ4n) is 2.54. The minimum absolute atomic E-state index is 0.315. The average molecular weight is 387 g/mol. The number of anilines is 2. The Balaban J connectivity index is 1.76. The number of rotatable bonds is 3. The van der Waals surface area contributed by atoms with Gasteiger partial charge in [0.1, 0.15) is 0 Å². The van der Waals surface area contributed by atoms with E-state index in [1.54, 1.807) is 18.2 Å². The van der Waals surface area contributed by atoms with Crippen LogP contribution in [0.2, 0.25) is 5.02 Å². The average Bonchev–Trinajstić information content (AvgIpc) is 2.60. The van der Waals surface area contributed by atoms with Crippen LogP contribution in [0, 0.1) is 17.5 Å². The van der Waals surface area contributed by atoms with Crippen molar-refractivity contribution in [1.82, 2.24) is 0 Å². The molecule has 1 saturated heterocycles. The Morgan fingerprint density at radius 3 is 2.32 bits per heavy atom. The molecule has 1 aliphatic rings. The quantitative estimate of drug-likeness (QED) is 0.785. The third kappa shape index (κ3) is 4.04. The molecule has 2 aromatic carbocycles. The highest BCUT2D eigenvalue weighted by Gasteiger charge is 2.17. The molecule has 132 valence electrons. The fraction of sp³-hybridized carbons (Fsp3) is 0.235. The van der Waals surface area contributed by atoms with E-state index < -0.39 is 23.4 Å².